The SMILES string of the molecule is Cc1ccc(C(=O)N2CCCCC2c2[nH]ncc2C)s1. The van der Waals surface area contributed by atoms with Gasteiger partial charge in [-0.25, -0.2) is 0 Å². The Bertz CT molecular complexity index is 616. The molecule has 1 aliphatic rings. The normalized spacial score (nSPS) is 19.3. The Hall–Kier alpha value is -1.62. The van der Waals surface area contributed by atoms with E-state index in [-0.39, 0.29) is 11.9 Å². The van der Waals surface area contributed by atoms with Crippen LogP contribution in [0.3, 0.4) is 0 Å². The van der Waals surface area contributed by atoms with E-state index in [1.165, 1.54) is 4.88 Å². The predicted octanol–water partition coefficient (Wildman–Crippen LogP) is 3.46. The minimum absolute atomic E-state index is 0.140. The van der Waals surface area contributed by atoms with Crippen LogP contribution in [0.25, 0.3) is 0 Å². The van der Waals surface area contributed by atoms with Crippen LogP contribution in [-0.4, -0.2) is 27.5 Å². The highest BCUT2D eigenvalue weighted by Crippen LogP contribution is 2.33. The average Bonchev–Trinajstić information content (AvgIpc) is 3.07. The number of hydrogen-bond donors (Lipinski definition) is 1. The number of nitrogens with zero attached hydrogens (tertiary/aromatic N) is 2. The molecule has 5 heteroatoms. The number of aryl methyl sites for hydroxylation is 2. The number of aromatic nitrogens is 2. The molecule has 1 atom stereocenters. The van der Waals surface area contributed by atoms with E-state index >= 15 is 0 Å². The van der Waals surface area contributed by atoms with Crippen LogP contribution in [0.1, 0.15) is 51.1 Å². The molecular formula is C15H19N3OS. The van der Waals surface area contributed by atoms with E-state index in [0.717, 1.165) is 41.9 Å². The molecule has 20 heavy (non-hydrogen) atoms. The van der Waals surface area contributed by atoms with Crippen molar-refractivity contribution in [3.8, 4) is 0 Å². The number of hydrogen-bond acceptors (Lipinski definition) is 3. The number of carbonyl (C=O) groups excluding carboxylic acids is 1. The third-order valence-corrected chi connectivity index (χ3v) is 4.90. The summed E-state index contributed by atoms with van der Waals surface area (Å²) in [6, 6.07) is 4.09. The van der Waals surface area contributed by atoms with E-state index < -0.39 is 0 Å². The topological polar surface area (TPSA) is 49.0 Å². The van der Waals surface area contributed by atoms with Crippen molar-refractivity contribution in [2.75, 3.05) is 6.54 Å². The van der Waals surface area contributed by atoms with Crippen LogP contribution < -0.4 is 0 Å². The molecule has 2 aromatic heterocycles. The van der Waals surface area contributed by atoms with Crippen LogP contribution in [0, 0.1) is 13.8 Å². The second kappa shape index (κ2) is 5.40. The summed E-state index contributed by atoms with van der Waals surface area (Å²) in [5, 5.41) is 7.18. The fourth-order valence-corrected chi connectivity index (χ4v) is 3.68. The number of likely N-dealkylation sites (tertiary alicyclic amines) is 1. The second-order valence-corrected chi connectivity index (χ2v) is 6.68. The lowest BCUT2D eigenvalue weighted by Gasteiger charge is -2.35. The van der Waals surface area contributed by atoms with Gasteiger partial charge in [-0.05, 0) is 50.8 Å². The maximum Gasteiger partial charge on any atom is 0.264 e. The van der Waals surface area contributed by atoms with Gasteiger partial charge in [0.1, 0.15) is 0 Å². The second-order valence-electron chi connectivity index (χ2n) is 5.39. The summed E-state index contributed by atoms with van der Waals surface area (Å²) < 4.78 is 0. The largest absolute Gasteiger partial charge is 0.329 e. The highest BCUT2D eigenvalue weighted by molar-refractivity contribution is 7.13. The zero-order valence-corrected chi connectivity index (χ0v) is 12.7. The maximum atomic E-state index is 12.7. The number of nitrogens with one attached hydrogen (secondary N) is 1. The van der Waals surface area contributed by atoms with Gasteiger partial charge >= 0.3 is 0 Å². The fraction of sp³-hybridized carbons (Fsp3) is 0.467. The van der Waals surface area contributed by atoms with Gasteiger partial charge in [0.2, 0.25) is 0 Å². The van der Waals surface area contributed by atoms with E-state index in [9.17, 15) is 4.79 Å². The summed E-state index contributed by atoms with van der Waals surface area (Å²) in [7, 11) is 0. The van der Waals surface area contributed by atoms with Gasteiger partial charge in [-0.1, -0.05) is 0 Å². The maximum absolute atomic E-state index is 12.7. The molecule has 3 rings (SSSR count). The monoisotopic (exact) mass is 289 g/mol. The lowest BCUT2D eigenvalue weighted by atomic mass is 9.97. The Morgan fingerprint density at radius 2 is 2.25 bits per heavy atom. The Labute approximate surface area is 122 Å². The summed E-state index contributed by atoms with van der Waals surface area (Å²) in [4.78, 5) is 16.8. The molecule has 0 spiro atoms. The predicted molar refractivity (Wildman–Crippen MR) is 80.0 cm³/mol. The van der Waals surface area contributed by atoms with Crippen LogP contribution >= 0.6 is 11.3 Å². The molecule has 4 nitrogen and oxygen atoms in total. The number of aromatic amines is 1. The molecular weight excluding hydrogens is 270 g/mol. The van der Waals surface area contributed by atoms with E-state index in [1.54, 1.807) is 11.3 Å². The van der Waals surface area contributed by atoms with Crippen LogP contribution in [0.5, 0.6) is 0 Å². The summed E-state index contributed by atoms with van der Waals surface area (Å²) in [6.45, 7) is 4.92. The van der Waals surface area contributed by atoms with Gasteiger partial charge in [0.05, 0.1) is 22.8 Å². The van der Waals surface area contributed by atoms with Crippen LogP contribution in [0.2, 0.25) is 0 Å². The van der Waals surface area contributed by atoms with Crippen molar-refractivity contribution >= 4 is 17.2 Å². The third kappa shape index (κ3) is 2.38. The quantitative estimate of drug-likeness (QED) is 0.920. The molecule has 0 radical (unpaired) electrons. The van der Waals surface area contributed by atoms with Gasteiger partial charge in [0.15, 0.2) is 0 Å². The average molecular weight is 289 g/mol. The van der Waals surface area contributed by atoms with Gasteiger partial charge in [0, 0.05) is 11.4 Å². The molecule has 0 saturated carbocycles. The van der Waals surface area contributed by atoms with E-state index in [0.29, 0.717) is 0 Å². The molecule has 1 saturated heterocycles. The number of carbonyl (C=O) groups is 1. The van der Waals surface area contributed by atoms with Gasteiger partial charge in [-0.2, -0.15) is 5.10 Å². The Morgan fingerprint density at radius 1 is 1.40 bits per heavy atom. The molecule has 0 aliphatic carbocycles. The summed E-state index contributed by atoms with van der Waals surface area (Å²) >= 11 is 1.58. The Kier molecular flexibility index (Phi) is 3.61. The molecule has 0 bridgehead atoms. The Morgan fingerprint density at radius 3 is 2.90 bits per heavy atom. The van der Waals surface area contributed by atoms with Crippen LogP contribution in [-0.2, 0) is 0 Å². The van der Waals surface area contributed by atoms with Crippen molar-refractivity contribution in [3.63, 3.8) is 0 Å². The van der Waals surface area contributed by atoms with Gasteiger partial charge < -0.3 is 4.90 Å². The molecule has 106 valence electrons. The molecule has 1 aliphatic heterocycles. The van der Waals surface area contributed by atoms with Crippen LogP contribution in [0.4, 0.5) is 0 Å². The van der Waals surface area contributed by atoms with E-state index in [4.69, 9.17) is 0 Å². The molecule has 1 amide bonds. The van der Waals surface area contributed by atoms with E-state index in [1.807, 2.05) is 37.1 Å². The van der Waals surface area contributed by atoms with Crippen molar-refractivity contribution < 1.29 is 4.79 Å². The van der Waals surface area contributed by atoms with Gasteiger partial charge in [0.25, 0.3) is 5.91 Å². The summed E-state index contributed by atoms with van der Waals surface area (Å²) in [5.41, 5.74) is 2.23. The zero-order valence-electron chi connectivity index (χ0n) is 11.8. The van der Waals surface area contributed by atoms with Crippen molar-refractivity contribution in [2.45, 2.75) is 39.2 Å². The minimum atomic E-state index is 0.140. The first-order valence-electron chi connectivity index (χ1n) is 7.04. The number of amides is 1. The zero-order chi connectivity index (χ0) is 14.1. The van der Waals surface area contributed by atoms with E-state index in [2.05, 4.69) is 10.2 Å². The minimum Gasteiger partial charge on any atom is -0.329 e. The van der Waals surface area contributed by atoms with Crippen molar-refractivity contribution in [2.24, 2.45) is 0 Å². The van der Waals surface area contributed by atoms with Gasteiger partial charge in [-0.3, -0.25) is 9.89 Å². The first-order valence-corrected chi connectivity index (χ1v) is 7.85. The lowest BCUT2D eigenvalue weighted by Crippen LogP contribution is -2.38. The van der Waals surface area contributed by atoms with Crippen LogP contribution in [0.15, 0.2) is 18.3 Å². The highest BCUT2D eigenvalue weighted by atomic mass is 32.1. The standard InChI is InChI=1S/C15H19N3OS/c1-10-9-16-17-14(10)12-5-3-4-8-18(12)15(19)13-7-6-11(2)20-13/h6-7,9,12H,3-5,8H2,1-2H3,(H,16,17). The fourth-order valence-electron chi connectivity index (χ4n) is 2.86. The molecule has 0 aromatic carbocycles. The van der Waals surface area contributed by atoms with Gasteiger partial charge in [-0.15, -0.1) is 11.3 Å². The van der Waals surface area contributed by atoms with Crippen molar-refractivity contribution in [1.82, 2.24) is 15.1 Å². The molecule has 3 heterocycles. The molecule has 1 N–H and O–H groups in total. The Balaban J connectivity index is 1.89. The number of thiophene rings is 1. The third-order valence-electron chi connectivity index (χ3n) is 3.92. The summed E-state index contributed by atoms with van der Waals surface area (Å²) in [6.07, 6.45) is 5.09. The first-order chi connectivity index (χ1) is 9.66. The van der Waals surface area contributed by atoms with Crippen molar-refractivity contribution in [3.05, 3.63) is 39.3 Å². The first kappa shape index (κ1) is 13.4. The number of piperidine rings is 1. The molecule has 2 aromatic rings. The lowest BCUT2D eigenvalue weighted by molar-refractivity contribution is 0.0610. The highest BCUT2D eigenvalue weighted by Gasteiger charge is 2.31. The molecule has 1 unspecified atom stereocenters. The summed E-state index contributed by atoms with van der Waals surface area (Å²) in [5.74, 6) is 0.154. The smallest absolute Gasteiger partial charge is 0.264 e. The molecule has 1 fully saturated rings. The van der Waals surface area contributed by atoms with Crippen molar-refractivity contribution in [1.29, 1.82) is 0 Å². The number of H-pyrrole nitrogens is 1. The number of rotatable bonds is 2.